The fourth-order valence-electron chi connectivity index (χ4n) is 0.850. The third-order valence-electron chi connectivity index (χ3n) is 1.68. The van der Waals surface area contributed by atoms with E-state index in [0.717, 1.165) is 19.3 Å². The zero-order chi connectivity index (χ0) is 9.94. The molecule has 0 fully saturated rings. The van der Waals surface area contributed by atoms with E-state index >= 15 is 0 Å². The summed E-state index contributed by atoms with van der Waals surface area (Å²) in [7, 11) is 0. The molecule has 0 saturated carbocycles. The molecular weight excluding hydrogens is 164 g/mol. The van der Waals surface area contributed by atoms with Gasteiger partial charge in [-0.15, -0.1) is 6.58 Å². The predicted octanol–water partition coefficient (Wildman–Crippen LogP) is 2.64. The second kappa shape index (κ2) is 9.49. The van der Waals surface area contributed by atoms with Gasteiger partial charge < -0.3 is 9.84 Å². The molecule has 76 valence electrons. The van der Waals surface area contributed by atoms with Gasteiger partial charge in [0.25, 0.3) is 0 Å². The average molecular weight is 184 g/mol. The van der Waals surface area contributed by atoms with E-state index in [4.69, 9.17) is 9.84 Å². The van der Waals surface area contributed by atoms with Crippen molar-refractivity contribution in [1.82, 2.24) is 0 Å². The molecule has 1 unspecified atom stereocenters. The Morgan fingerprint density at radius 3 is 2.77 bits per heavy atom. The summed E-state index contributed by atoms with van der Waals surface area (Å²) in [6.07, 6.45) is 9.22. The summed E-state index contributed by atoms with van der Waals surface area (Å²) >= 11 is 0. The van der Waals surface area contributed by atoms with Crippen molar-refractivity contribution in [3.8, 4) is 0 Å². The number of rotatable bonds is 8. The first-order valence-electron chi connectivity index (χ1n) is 4.86. The minimum atomic E-state index is -0.613. The largest absolute Gasteiger partial charge is 0.368 e. The van der Waals surface area contributed by atoms with E-state index in [1.54, 1.807) is 0 Å². The second-order valence-corrected chi connectivity index (χ2v) is 2.89. The lowest BCUT2D eigenvalue weighted by molar-refractivity contribution is -0.0897. The summed E-state index contributed by atoms with van der Waals surface area (Å²) in [6.45, 7) is 6.04. The summed E-state index contributed by atoms with van der Waals surface area (Å²) < 4.78 is 5.05. The van der Waals surface area contributed by atoms with Crippen LogP contribution < -0.4 is 0 Å². The van der Waals surface area contributed by atoms with Crippen LogP contribution in [0, 0.1) is 0 Å². The monoisotopic (exact) mass is 184 g/mol. The van der Waals surface area contributed by atoms with E-state index in [1.807, 2.05) is 19.1 Å². The van der Waals surface area contributed by atoms with Crippen molar-refractivity contribution in [2.24, 2.45) is 0 Å². The van der Waals surface area contributed by atoms with Gasteiger partial charge in [-0.2, -0.15) is 0 Å². The van der Waals surface area contributed by atoms with Gasteiger partial charge in [0.1, 0.15) is 0 Å². The van der Waals surface area contributed by atoms with Crippen LogP contribution in [0.5, 0.6) is 0 Å². The van der Waals surface area contributed by atoms with Crippen molar-refractivity contribution in [3.63, 3.8) is 0 Å². The Morgan fingerprint density at radius 2 is 2.15 bits per heavy atom. The molecule has 0 radical (unpaired) electrons. The van der Waals surface area contributed by atoms with E-state index < -0.39 is 6.29 Å². The van der Waals surface area contributed by atoms with Crippen molar-refractivity contribution in [2.45, 2.75) is 38.9 Å². The SMILES string of the molecule is C=CCCC/C=C/COC(O)CC. The van der Waals surface area contributed by atoms with Crippen LogP contribution in [-0.4, -0.2) is 18.0 Å². The highest BCUT2D eigenvalue weighted by Gasteiger charge is 1.95. The Morgan fingerprint density at radius 1 is 1.38 bits per heavy atom. The standard InChI is InChI=1S/C11H20O2/c1-3-5-6-7-8-9-10-13-11(12)4-2/h3,8-9,11-12H,1,4-7,10H2,2H3/b9-8+. The van der Waals surface area contributed by atoms with Crippen LogP contribution in [0.25, 0.3) is 0 Å². The number of allylic oxidation sites excluding steroid dienone is 2. The van der Waals surface area contributed by atoms with Crippen LogP contribution in [0.1, 0.15) is 32.6 Å². The zero-order valence-corrected chi connectivity index (χ0v) is 8.41. The maximum atomic E-state index is 9.03. The van der Waals surface area contributed by atoms with Gasteiger partial charge in [-0.3, -0.25) is 0 Å². The summed E-state index contributed by atoms with van der Waals surface area (Å²) in [5, 5.41) is 9.03. The number of ether oxygens (including phenoxy) is 1. The zero-order valence-electron chi connectivity index (χ0n) is 8.41. The minimum absolute atomic E-state index is 0.503. The predicted molar refractivity (Wildman–Crippen MR) is 55.4 cm³/mol. The van der Waals surface area contributed by atoms with Crippen LogP contribution in [0.15, 0.2) is 24.8 Å². The van der Waals surface area contributed by atoms with Crippen LogP contribution in [-0.2, 0) is 4.74 Å². The summed E-state index contributed by atoms with van der Waals surface area (Å²) in [6, 6.07) is 0. The first-order chi connectivity index (χ1) is 6.31. The Labute approximate surface area is 80.9 Å². The maximum Gasteiger partial charge on any atom is 0.154 e. The topological polar surface area (TPSA) is 29.5 Å². The second-order valence-electron chi connectivity index (χ2n) is 2.89. The van der Waals surface area contributed by atoms with E-state index in [2.05, 4.69) is 12.7 Å². The van der Waals surface area contributed by atoms with Crippen LogP contribution in [0.4, 0.5) is 0 Å². The van der Waals surface area contributed by atoms with Crippen LogP contribution >= 0.6 is 0 Å². The Bertz CT molecular complexity index is 141. The normalized spacial score (nSPS) is 13.4. The lowest BCUT2D eigenvalue weighted by atomic mass is 10.2. The molecule has 0 aromatic rings. The lowest BCUT2D eigenvalue weighted by Gasteiger charge is -2.05. The minimum Gasteiger partial charge on any atom is -0.368 e. The molecule has 1 N–H and O–H groups in total. The third-order valence-corrected chi connectivity index (χ3v) is 1.68. The van der Waals surface area contributed by atoms with Gasteiger partial charge in [0.2, 0.25) is 0 Å². The van der Waals surface area contributed by atoms with E-state index in [9.17, 15) is 0 Å². The quantitative estimate of drug-likeness (QED) is 0.357. The van der Waals surface area contributed by atoms with Crippen molar-refractivity contribution < 1.29 is 9.84 Å². The van der Waals surface area contributed by atoms with Crippen molar-refractivity contribution in [1.29, 1.82) is 0 Å². The summed E-state index contributed by atoms with van der Waals surface area (Å²) in [4.78, 5) is 0. The number of unbranched alkanes of at least 4 members (excludes halogenated alkanes) is 2. The Kier molecular flexibility index (Phi) is 9.05. The molecule has 0 bridgehead atoms. The number of hydrogen-bond acceptors (Lipinski definition) is 2. The highest BCUT2D eigenvalue weighted by molar-refractivity contribution is 4.82. The van der Waals surface area contributed by atoms with Gasteiger partial charge in [0.15, 0.2) is 6.29 Å². The highest BCUT2D eigenvalue weighted by atomic mass is 16.6. The van der Waals surface area contributed by atoms with Gasteiger partial charge in [0.05, 0.1) is 6.61 Å². The Balaban J connectivity index is 3.16. The van der Waals surface area contributed by atoms with Crippen molar-refractivity contribution >= 4 is 0 Å². The van der Waals surface area contributed by atoms with E-state index in [0.29, 0.717) is 13.0 Å². The molecule has 0 spiro atoms. The van der Waals surface area contributed by atoms with Gasteiger partial charge in [-0.1, -0.05) is 25.2 Å². The summed E-state index contributed by atoms with van der Waals surface area (Å²) in [5.41, 5.74) is 0. The lowest BCUT2D eigenvalue weighted by Crippen LogP contribution is -2.09. The van der Waals surface area contributed by atoms with Crippen molar-refractivity contribution in [3.05, 3.63) is 24.8 Å². The average Bonchev–Trinajstić information content (AvgIpc) is 2.16. The molecule has 0 aliphatic heterocycles. The molecule has 0 aromatic carbocycles. The molecule has 0 heterocycles. The number of aliphatic hydroxyl groups excluding tert-OH is 1. The summed E-state index contributed by atoms with van der Waals surface area (Å²) in [5.74, 6) is 0. The first kappa shape index (κ1) is 12.4. The van der Waals surface area contributed by atoms with Gasteiger partial charge in [-0.25, -0.2) is 0 Å². The number of hydrogen-bond donors (Lipinski definition) is 1. The molecule has 0 amide bonds. The highest BCUT2D eigenvalue weighted by Crippen LogP contribution is 1.97. The van der Waals surface area contributed by atoms with Gasteiger partial charge in [0, 0.05) is 0 Å². The molecular formula is C11H20O2. The maximum absolute atomic E-state index is 9.03. The Hall–Kier alpha value is -0.600. The van der Waals surface area contributed by atoms with Crippen LogP contribution in [0.3, 0.4) is 0 Å². The molecule has 0 saturated heterocycles. The van der Waals surface area contributed by atoms with Gasteiger partial charge in [-0.05, 0) is 25.7 Å². The first-order valence-corrected chi connectivity index (χ1v) is 4.86. The molecule has 0 aliphatic carbocycles. The molecule has 0 rings (SSSR count). The van der Waals surface area contributed by atoms with E-state index in [1.165, 1.54) is 0 Å². The van der Waals surface area contributed by atoms with E-state index in [-0.39, 0.29) is 0 Å². The smallest absolute Gasteiger partial charge is 0.154 e. The molecule has 13 heavy (non-hydrogen) atoms. The van der Waals surface area contributed by atoms with Gasteiger partial charge >= 0.3 is 0 Å². The fourth-order valence-corrected chi connectivity index (χ4v) is 0.850. The van der Waals surface area contributed by atoms with Crippen molar-refractivity contribution in [2.75, 3.05) is 6.61 Å². The molecule has 2 nitrogen and oxygen atoms in total. The molecule has 1 atom stereocenters. The van der Waals surface area contributed by atoms with Crippen LogP contribution in [0.2, 0.25) is 0 Å². The molecule has 2 heteroatoms. The fraction of sp³-hybridized carbons (Fsp3) is 0.636. The molecule has 0 aliphatic rings. The third kappa shape index (κ3) is 9.31. The molecule has 0 aromatic heterocycles. The number of aliphatic hydroxyl groups is 1.